The summed E-state index contributed by atoms with van der Waals surface area (Å²) in [7, 11) is 0. The van der Waals surface area contributed by atoms with Gasteiger partial charge in [-0.15, -0.1) is 0 Å². The quantitative estimate of drug-likeness (QED) is 0.279. The molecule has 0 saturated heterocycles. The molecule has 0 aliphatic heterocycles. The standard InChI is InChI=1S/C21H16F5NO4/c1-8-4-12-11(6-14(28)31-13(12)5-9(8)2)7-27-21(29)10(3)30-20-18(25)16(23)15(22)17(24)19(20)26/h4-6,10H,7H2,1-3H3,(H,27,29). The lowest BCUT2D eigenvalue weighted by atomic mass is 10.0. The molecule has 3 rings (SSSR count). The summed E-state index contributed by atoms with van der Waals surface area (Å²) < 4.78 is 77.0. The molecule has 1 N–H and O–H groups in total. The van der Waals surface area contributed by atoms with Crippen LogP contribution in [0.1, 0.15) is 23.6 Å². The molecule has 0 aliphatic carbocycles. The number of benzene rings is 2. The molecular weight excluding hydrogens is 425 g/mol. The summed E-state index contributed by atoms with van der Waals surface area (Å²) in [6.45, 7) is 4.58. The average molecular weight is 441 g/mol. The summed E-state index contributed by atoms with van der Waals surface area (Å²) >= 11 is 0. The Hall–Kier alpha value is -3.43. The van der Waals surface area contributed by atoms with Gasteiger partial charge in [0.05, 0.1) is 0 Å². The van der Waals surface area contributed by atoms with Crippen LogP contribution in [0.25, 0.3) is 11.0 Å². The highest BCUT2D eigenvalue weighted by Crippen LogP contribution is 2.30. The number of carbonyl (C=O) groups excluding carboxylic acids is 1. The molecule has 0 radical (unpaired) electrons. The summed E-state index contributed by atoms with van der Waals surface area (Å²) in [5.41, 5.74) is 1.88. The van der Waals surface area contributed by atoms with Crippen LogP contribution < -0.4 is 15.7 Å². The SMILES string of the molecule is Cc1cc2oc(=O)cc(CNC(=O)C(C)Oc3c(F)c(F)c(F)c(F)c3F)c2cc1C. The van der Waals surface area contributed by atoms with E-state index in [4.69, 9.17) is 9.15 Å². The van der Waals surface area contributed by atoms with Gasteiger partial charge in [0.1, 0.15) is 5.58 Å². The van der Waals surface area contributed by atoms with Crippen molar-refractivity contribution >= 4 is 16.9 Å². The number of aryl methyl sites for hydroxylation is 2. The van der Waals surface area contributed by atoms with E-state index in [0.717, 1.165) is 18.1 Å². The number of nitrogens with one attached hydrogen (secondary N) is 1. The molecule has 164 valence electrons. The molecule has 0 fully saturated rings. The number of rotatable bonds is 5. The summed E-state index contributed by atoms with van der Waals surface area (Å²) in [6, 6.07) is 4.61. The van der Waals surface area contributed by atoms with Gasteiger partial charge in [0.25, 0.3) is 5.91 Å². The number of ether oxygens (including phenoxy) is 1. The Bertz CT molecular complexity index is 1230. The summed E-state index contributed by atoms with van der Waals surface area (Å²) in [5.74, 6) is -13.5. The normalized spacial score (nSPS) is 12.1. The van der Waals surface area contributed by atoms with Gasteiger partial charge in [0, 0.05) is 18.0 Å². The second kappa shape index (κ2) is 8.37. The Kier molecular flexibility index (Phi) is 6.01. The van der Waals surface area contributed by atoms with Crippen LogP contribution in [-0.4, -0.2) is 12.0 Å². The molecule has 10 heteroatoms. The summed E-state index contributed by atoms with van der Waals surface area (Å²) in [4.78, 5) is 24.1. The molecule has 0 aliphatic rings. The lowest BCUT2D eigenvalue weighted by Crippen LogP contribution is -2.36. The molecular formula is C21H16F5NO4. The fourth-order valence-electron chi connectivity index (χ4n) is 2.87. The molecule has 0 spiro atoms. The van der Waals surface area contributed by atoms with Crippen LogP contribution in [0, 0.1) is 42.9 Å². The van der Waals surface area contributed by atoms with Gasteiger partial charge >= 0.3 is 5.63 Å². The largest absolute Gasteiger partial charge is 0.475 e. The van der Waals surface area contributed by atoms with Crippen molar-refractivity contribution in [2.75, 3.05) is 0 Å². The molecule has 31 heavy (non-hydrogen) atoms. The van der Waals surface area contributed by atoms with E-state index in [1.165, 1.54) is 6.07 Å². The highest BCUT2D eigenvalue weighted by molar-refractivity contribution is 5.84. The molecule has 1 amide bonds. The molecule has 1 atom stereocenters. The third-order valence-corrected chi connectivity index (χ3v) is 4.73. The summed E-state index contributed by atoms with van der Waals surface area (Å²) in [5, 5.41) is 2.97. The molecule has 0 saturated carbocycles. The maximum atomic E-state index is 13.7. The van der Waals surface area contributed by atoms with Crippen molar-refractivity contribution in [3.05, 3.63) is 74.4 Å². The van der Waals surface area contributed by atoms with Crippen LogP contribution in [0.15, 0.2) is 27.4 Å². The third-order valence-electron chi connectivity index (χ3n) is 4.73. The Morgan fingerprint density at radius 3 is 2.13 bits per heavy atom. The molecule has 2 aromatic carbocycles. The number of hydrogen-bond acceptors (Lipinski definition) is 4. The fourth-order valence-corrected chi connectivity index (χ4v) is 2.87. The lowest BCUT2D eigenvalue weighted by molar-refractivity contribution is -0.127. The van der Waals surface area contributed by atoms with E-state index in [9.17, 15) is 31.5 Å². The van der Waals surface area contributed by atoms with Crippen molar-refractivity contribution in [3.63, 3.8) is 0 Å². The zero-order valence-electron chi connectivity index (χ0n) is 16.5. The molecule has 0 bridgehead atoms. The first kappa shape index (κ1) is 22.3. The van der Waals surface area contributed by atoms with Gasteiger partial charge in [-0.3, -0.25) is 4.79 Å². The predicted octanol–water partition coefficient (Wildman–Crippen LogP) is 4.19. The highest BCUT2D eigenvalue weighted by atomic mass is 19.2. The number of carbonyl (C=O) groups is 1. The Balaban J connectivity index is 1.81. The van der Waals surface area contributed by atoms with E-state index >= 15 is 0 Å². The fraction of sp³-hybridized carbons (Fsp3) is 0.238. The molecule has 5 nitrogen and oxygen atoms in total. The molecule has 1 unspecified atom stereocenters. The monoisotopic (exact) mass is 441 g/mol. The van der Waals surface area contributed by atoms with Crippen LogP contribution in [0.4, 0.5) is 22.0 Å². The van der Waals surface area contributed by atoms with E-state index < -0.39 is 52.5 Å². The van der Waals surface area contributed by atoms with E-state index in [0.29, 0.717) is 16.5 Å². The Labute approximate surface area is 172 Å². The van der Waals surface area contributed by atoms with Crippen LogP contribution >= 0.6 is 0 Å². The van der Waals surface area contributed by atoms with Crippen molar-refractivity contribution in [2.45, 2.75) is 33.4 Å². The number of halogens is 5. The van der Waals surface area contributed by atoms with Gasteiger partial charge in [-0.05, 0) is 49.6 Å². The van der Waals surface area contributed by atoms with Gasteiger partial charge in [0.15, 0.2) is 11.9 Å². The van der Waals surface area contributed by atoms with Crippen LogP contribution in [0.5, 0.6) is 5.75 Å². The number of amides is 1. The maximum Gasteiger partial charge on any atom is 0.336 e. The van der Waals surface area contributed by atoms with Crippen LogP contribution in [-0.2, 0) is 11.3 Å². The van der Waals surface area contributed by atoms with Crippen molar-refractivity contribution < 1.29 is 35.9 Å². The zero-order valence-corrected chi connectivity index (χ0v) is 16.5. The Morgan fingerprint density at radius 2 is 1.52 bits per heavy atom. The second-order valence-electron chi connectivity index (χ2n) is 6.90. The minimum atomic E-state index is -2.33. The molecule has 1 heterocycles. The van der Waals surface area contributed by atoms with Crippen molar-refractivity contribution in [1.29, 1.82) is 0 Å². The lowest BCUT2D eigenvalue weighted by Gasteiger charge is -2.17. The second-order valence-corrected chi connectivity index (χ2v) is 6.90. The van der Waals surface area contributed by atoms with Gasteiger partial charge in [0.2, 0.25) is 29.1 Å². The van der Waals surface area contributed by atoms with Crippen LogP contribution in [0.3, 0.4) is 0 Å². The Morgan fingerprint density at radius 1 is 0.968 bits per heavy atom. The maximum absolute atomic E-state index is 13.7. The van der Waals surface area contributed by atoms with Crippen molar-refractivity contribution in [3.8, 4) is 5.75 Å². The smallest absolute Gasteiger partial charge is 0.336 e. The van der Waals surface area contributed by atoms with Gasteiger partial charge in [-0.25, -0.2) is 18.0 Å². The van der Waals surface area contributed by atoms with Gasteiger partial charge in [-0.1, -0.05) is 0 Å². The minimum Gasteiger partial charge on any atom is -0.475 e. The minimum absolute atomic E-state index is 0.172. The third kappa shape index (κ3) is 4.23. The molecule has 3 aromatic rings. The first-order valence-electron chi connectivity index (χ1n) is 9.01. The average Bonchev–Trinajstić information content (AvgIpc) is 2.73. The van der Waals surface area contributed by atoms with E-state index in [1.54, 1.807) is 12.1 Å². The number of fused-ring (bicyclic) bond motifs is 1. The predicted molar refractivity (Wildman–Crippen MR) is 100 cm³/mol. The number of hydrogen-bond donors (Lipinski definition) is 1. The van der Waals surface area contributed by atoms with Crippen molar-refractivity contribution in [1.82, 2.24) is 5.32 Å². The first-order valence-corrected chi connectivity index (χ1v) is 9.01. The molecule has 1 aromatic heterocycles. The van der Waals surface area contributed by atoms with Crippen molar-refractivity contribution in [2.24, 2.45) is 0 Å². The first-order chi connectivity index (χ1) is 14.5. The highest BCUT2D eigenvalue weighted by Gasteiger charge is 2.29. The van der Waals surface area contributed by atoms with Gasteiger partial charge < -0.3 is 14.5 Å². The van der Waals surface area contributed by atoms with E-state index in [-0.39, 0.29) is 6.54 Å². The van der Waals surface area contributed by atoms with E-state index in [2.05, 4.69) is 5.32 Å². The zero-order chi connectivity index (χ0) is 23.0. The summed E-state index contributed by atoms with van der Waals surface area (Å²) in [6.07, 6.45) is -1.61. The van der Waals surface area contributed by atoms with Crippen LogP contribution in [0.2, 0.25) is 0 Å². The van der Waals surface area contributed by atoms with E-state index in [1.807, 2.05) is 13.8 Å². The van der Waals surface area contributed by atoms with Gasteiger partial charge in [-0.2, -0.15) is 8.78 Å². The topological polar surface area (TPSA) is 68.5 Å².